The van der Waals surface area contributed by atoms with E-state index in [1.54, 1.807) is 42.5 Å². The molecule has 0 saturated heterocycles. The molecule has 0 fully saturated rings. The molecule has 0 aliphatic heterocycles. The molecule has 0 unspecified atom stereocenters. The quantitative estimate of drug-likeness (QED) is 0.169. The van der Waals surface area contributed by atoms with Crippen LogP contribution in [-0.4, -0.2) is 43.8 Å². The average molecular weight is 775 g/mol. The Hall–Kier alpha value is -3.22. The van der Waals surface area contributed by atoms with Gasteiger partial charge in [-0.2, -0.15) is 0 Å². The number of benzene rings is 4. The van der Waals surface area contributed by atoms with Crippen molar-refractivity contribution in [2.75, 3.05) is 10.8 Å². The first kappa shape index (κ1) is 32.7. The molecular weight excluding hydrogens is 741 g/mol. The summed E-state index contributed by atoms with van der Waals surface area (Å²) in [5.41, 5.74) is 2.04. The van der Waals surface area contributed by atoms with Crippen LogP contribution in [0.25, 0.3) is 0 Å². The summed E-state index contributed by atoms with van der Waals surface area (Å²) in [5.74, 6) is -0.808. The molecule has 4 aromatic carbocycles. The number of halogens is 2. The van der Waals surface area contributed by atoms with Crippen LogP contribution in [0.2, 0.25) is 0 Å². The number of sulfonamides is 1. The van der Waals surface area contributed by atoms with Gasteiger partial charge < -0.3 is 10.2 Å². The Morgan fingerprint density at radius 1 is 0.814 bits per heavy atom. The predicted molar refractivity (Wildman–Crippen MR) is 182 cm³/mol. The Balaban J connectivity index is 1.79. The second kappa shape index (κ2) is 15.0. The molecule has 0 spiro atoms. The normalized spacial score (nSPS) is 12.0. The monoisotopic (exact) mass is 773 g/mol. The molecule has 1 atom stereocenters. The van der Waals surface area contributed by atoms with E-state index in [2.05, 4.69) is 43.8 Å². The molecular formula is C33H33BrIN3O4S. The molecule has 1 N–H and O–H groups in total. The van der Waals surface area contributed by atoms with E-state index in [9.17, 15) is 18.0 Å². The Morgan fingerprint density at radius 3 is 1.98 bits per heavy atom. The van der Waals surface area contributed by atoms with Crippen molar-refractivity contribution in [2.24, 2.45) is 0 Å². The van der Waals surface area contributed by atoms with Crippen molar-refractivity contribution in [2.45, 2.75) is 43.8 Å². The molecule has 43 heavy (non-hydrogen) atoms. The summed E-state index contributed by atoms with van der Waals surface area (Å²) in [6.07, 6.45) is 0.261. The second-order valence-electron chi connectivity index (χ2n) is 10.3. The van der Waals surface area contributed by atoms with Gasteiger partial charge in [0.2, 0.25) is 11.8 Å². The van der Waals surface area contributed by atoms with E-state index >= 15 is 0 Å². The van der Waals surface area contributed by atoms with Crippen molar-refractivity contribution in [3.63, 3.8) is 0 Å². The maximum atomic E-state index is 14.4. The summed E-state index contributed by atoms with van der Waals surface area (Å²) in [7, 11) is -4.12. The topological polar surface area (TPSA) is 86.8 Å². The van der Waals surface area contributed by atoms with Crippen LogP contribution < -0.4 is 9.62 Å². The highest BCUT2D eigenvalue weighted by atomic mass is 127. The van der Waals surface area contributed by atoms with Gasteiger partial charge in [0.15, 0.2) is 0 Å². The highest BCUT2D eigenvalue weighted by molar-refractivity contribution is 14.1. The molecule has 0 radical (unpaired) electrons. The summed E-state index contributed by atoms with van der Waals surface area (Å²) in [6, 6.07) is 30.9. The molecule has 4 aromatic rings. The van der Waals surface area contributed by atoms with E-state index in [1.165, 1.54) is 17.0 Å². The number of hydrogen-bond acceptors (Lipinski definition) is 4. The molecule has 0 saturated carbocycles. The Labute approximate surface area is 275 Å². The zero-order valence-corrected chi connectivity index (χ0v) is 28.4. The summed E-state index contributed by atoms with van der Waals surface area (Å²) in [5, 5.41) is 2.97. The lowest BCUT2D eigenvalue weighted by Gasteiger charge is -2.34. The number of amides is 2. The average Bonchev–Trinajstić information content (AvgIpc) is 2.99. The van der Waals surface area contributed by atoms with Crippen molar-refractivity contribution in [3.8, 4) is 0 Å². The van der Waals surface area contributed by atoms with E-state index in [4.69, 9.17) is 0 Å². The van der Waals surface area contributed by atoms with Crippen LogP contribution in [0.1, 0.15) is 25.0 Å². The smallest absolute Gasteiger partial charge is 0.264 e. The van der Waals surface area contributed by atoms with E-state index in [1.807, 2.05) is 68.4 Å². The van der Waals surface area contributed by atoms with Crippen molar-refractivity contribution in [1.82, 2.24) is 10.2 Å². The van der Waals surface area contributed by atoms with Crippen molar-refractivity contribution in [3.05, 3.63) is 128 Å². The molecule has 0 bridgehead atoms. The van der Waals surface area contributed by atoms with Gasteiger partial charge in [0, 0.05) is 27.1 Å². The first-order valence-corrected chi connectivity index (χ1v) is 17.1. The molecule has 2 amide bonds. The minimum atomic E-state index is -4.12. The molecule has 0 aliphatic carbocycles. The highest BCUT2D eigenvalue weighted by Crippen LogP contribution is 2.26. The lowest BCUT2D eigenvalue weighted by Crippen LogP contribution is -2.54. The molecule has 0 aliphatic rings. The molecule has 224 valence electrons. The van der Waals surface area contributed by atoms with E-state index in [0.29, 0.717) is 5.69 Å². The highest BCUT2D eigenvalue weighted by Gasteiger charge is 2.34. The number of anilines is 1. The second-order valence-corrected chi connectivity index (χ2v) is 14.3. The lowest BCUT2D eigenvalue weighted by molar-refractivity contribution is -0.140. The van der Waals surface area contributed by atoms with Gasteiger partial charge >= 0.3 is 0 Å². The van der Waals surface area contributed by atoms with Crippen LogP contribution in [0.5, 0.6) is 0 Å². The third kappa shape index (κ3) is 8.90. The molecule has 7 nitrogen and oxygen atoms in total. The zero-order chi connectivity index (χ0) is 31.0. The van der Waals surface area contributed by atoms with Gasteiger partial charge in [0.25, 0.3) is 10.0 Å². The summed E-state index contributed by atoms with van der Waals surface area (Å²) in [4.78, 5) is 29.7. The number of rotatable bonds is 12. The first-order chi connectivity index (χ1) is 20.5. The number of nitrogens with zero attached hydrogens (tertiary/aromatic N) is 2. The van der Waals surface area contributed by atoms with Crippen LogP contribution in [0.4, 0.5) is 5.69 Å². The van der Waals surface area contributed by atoms with Crippen molar-refractivity contribution in [1.29, 1.82) is 0 Å². The van der Waals surface area contributed by atoms with Crippen molar-refractivity contribution >= 4 is 66.0 Å². The standard InChI is InChI=1S/C33H33BrIN3O4S/c1-24(2)36-33(40)31(21-25-9-5-3-6-10-25)37(22-26-13-15-27(34)16-14-26)32(39)23-38(29-19-17-28(35)18-20-29)43(41,42)30-11-7-4-8-12-30/h3-20,24,31H,21-23H2,1-2H3,(H,36,40)/t31-/m1/s1. The third-order valence-electron chi connectivity index (χ3n) is 6.69. The molecule has 0 aromatic heterocycles. The minimum absolute atomic E-state index is 0.0687. The molecule has 0 heterocycles. The maximum Gasteiger partial charge on any atom is 0.264 e. The van der Waals surface area contributed by atoms with Gasteiger partial charge in [-0.3, -0.25) is 13.9 Å². The van der Waals surface area contributed by atoms with Crippen LogP contribution >= 0.6 is 38.5 Å². The van der Waals surface area contributed by atoms with Gasteiger partial charge in [-0.1, -0.05) is 76.6 Å². The van der Waals surface area contributed by atoms with Gasteiger partial charge in [-0.15, -0.1) is 0 Å². The van der Waals surface area contributed by atoms with Gasteiger partial charge in [-0.05, 0) is 96.1 Å². The number of nitrogens with one attached hydrogen (secondary N) is 1. The van der Waals surface area contributed by atoms with Crippen LogP contribution in [0, 0.1) is 3.57 Å². The Morgan fingerprint density at radius 2 is 1.40 bits per heavy atom. The largest absolute Gasteiger partial charge is 0.352 e. The molecule has 4 rings (SSSR count). The number of carbonyl (C=O) groups excluding carboxylic acids is 2. The van der Waals surface area contributed by atoms with E-state index in [0.717, 1.165) is 23.5 Å². The fraction of sp³-hybridized carbons (Fsp3) is 0.212. The Kier molecular flexibility index (Phi) is 11.4. The van der Waals surface area contributed by atoms with Crippen molar-refractivity contribution < 1.29 is 18.0 Å². The summed E-state index contributed by atoms with van der Waals surface area (Å²) in [6.45, 7) is 3.35. The maximum absolute atomic E-state index is 14.4. The van der Waals surface area contributed by atoms with Gasteiger partial charge in [-0.25, -0.2) is 8.42 Å². The fourth-order valence-corrected chi connectivity index (χ4v) is 6.64. The van der Waals surface area contributed by atoms with Crippen LogP contribution in [-0.2, 0) is 32.6 Å². The van der Waals surface area contributed by atoms with Gasteiger partial charge in [0.05, 0.1) is 10.6 Å². The SMILES string of the molecule is CC(C)NC(=O)[C@@H](Cc1ccccc1)N(Cc1ccc(Br)cc1)C(=O)CN(c1ccc(I)cc1)S(=O)(=O)c1ccccc1. The summed E-state index contributed by atoms with van der Waals surface area (Å²) >= 11 is 5.60. The van der Waals surface area contributed by atoms with E-state index in [-0.39, 0.29) is 29.8 Å². The van der Waals surface area contributed by atoms with Crippen LogP contribution in [0.3, 0.4) is 0 Å². The van der Waals surface area contributed by atoms with Crippen LogP contribution in [0.15, 0.2) is 119 Å². The predicted octanol–water partition coefficient (Wildman–Crippen LogP) is 6.41. The van der Waals surface area contributed by atoms with E-state index < -0.39 is 28.5 Å². The number of carbonyl (C=O) groups is 2. The molecule has 10 heteroatoms. The lowest BCUT2D eigenvalue weighted by atomic mass is 10.0. The number of hydrogen-bond donors (Lipinski definition) is 1. The Bertz CT molecular complexity index is 1620. The zero-order valence-electron chi connectivity index (χ0n) is 23.9. The third-order valence-corrected chi connectivity index (χ3v) is 9.73. The first-order valence-electron chi connectivity index (χ1n) is 13.8. The fourth-order valence-electron chi connectivity index (χ4n) is 4.58. The minimum Gasteiger partial charge on any atom is -0.352 e. The summed E-state index contributed by atoms with van der Waals surface area (Å²) < 4.78 is 30.9. The van der Waals surface area contributed by atoms with Gasteiger partial charge in [0.1, 0.15) is 12.6 Å².